The molecular weight excluding hydrogens is 272 g/mol. The number of nitrogens with zero attached hydrogens (tertiary/aromatic N) is 3. The monoisotopic (exact) mass is 293 g/mol. The van der Waals surface area contributed by atoms with E-state index < -0.39 is 5.34 Å². The SMILES string of the molecule is [B]C([B])(c1cccc(C(=O)N2CCCC2)n1)N1CC(CC)C1. The van der Waals surface area contributed by atoms with E-state index in [1.807, 2.05) is 15.9 Å². The van der Waals surface area contributed by atoms with Crippen molar-refractivity contribution in [2.24, 2.45) is 5.92 Å². The minimum Gasteiger partial charge on any atom is -0.337 e. The lowest BCUT2D eigenvalue weighted by Gasteiger charge is -2.50. The van der Waals surface area contributed by atoms with Gasteiger partial charge in [-0.2, -0.15) is 0 Å². The van der Waals surface area contributed by atoms with Crippen molar-refractivity contribution in [1.82, 2.24) is 14.8 Å². The largest absolute Gasteiger partial charge is 0.337 e. The second-order valence-electron chi connectivity index (χ2n) is 6.41. The molecule has 6 heteroatoms. The Bertz CT molecular complexity index is 552. The highest BCUT2D eigenvalue weighted by Crippen LogP contribution is 2.30. The molecule has 2 fully saturated rings. The van der Waals surface area contributed by atoms with E-state index in [4.69, 9.17) is 15.7 Å². The van der Waals surface area contributed by atoms with E-state index in [1.54, 1.807) is 12.1 Å². The Labute approximate surface area is 135 Å². The zero-order valence-corrected chi connectivity index (χ0v) is 13.2. The standard InChI is InChI=1S/C16H21B2N3O/c1-2-12-10-21(11-12)16(17,18)14-7-5-6-13(19-14)15(22)20-8-3-4-9-20/h5-7,12H,2-4,8-11H2,1H3. The number of rotatable bonds is 4. The van der Waals surface area contributed by atoms with E-state index in [0.717, 1.165) is 45.4 Å². The topological polar surface area (TPSA) is 36.4 Å². The van der Waals surface area contributed by atoms with Gasteiger partial charge in [0.1, 0.15) is 5.69 Å². The van der Waals surface area contributed by atoms with Crippen LogP contribution in [-0.4, -0.2) is 62.6 Å². The molecule has 1 aromatic rings. The van der Waals surface area contributed by atoms with Crippen molar-refractivity contribution in [3.05, 3.63) is 29.6 Å². The lowest BCUT2D eigenvalue weighted by atomic mass is 9.57. The third-order valence-electron chi connectivity index (χ3n) is 4.83. The maximum absolute atomic E-state index is 12.4. The number of hydrogen-bond acceptors (Lipinski definition) is 3. The first kappa shape index (κ1) is 15.6. The van der Waals surface area contributed by atoms with Crippen molar-refractivity contribution in [3.63, 3.8) is 0 Å². The van der Waals surface area contributed by atoms with Gasteiger partial charge in [-0.15, -0.1) is 0 Å². The number of amides is 1. The average Bonchev–Trinajstić information content (AvgIpc) is 2.99. The molecule has 2 saturated heterocycles. The molecule has 1 aromatic heterocycles. The maximum atomic E-state index is 12.4. The van der Waals surface area contributed by atoms with Crippen LogP contribution >= 0.6 is 0 Å². The van der Waals surface area contributed by atoms with E-state index in [2.05, 4.69) is 11.9 Å². The van der Waals surface area contributed by atoms with Crippen LogP contribution in [-0.2, 0) is 5.34 Å². The van der Waals surface area contributed by atoms with Crippen LogP contribution < -0.4 is 0 Å². The molecule has 1 amide bonds. The number of carbonyl (C=O) groups is 1. The summed E-state index contributed by atoms with van der Waals surface area (Å²) in [5, 5.41) is -1.10. The van der Waals surface area contributed by atoms with E-state index in [0.29, 0.717) is 17.3 Å². The number of hydrogen-bond donors (Lipinski definition) is 0. The zero-order valence-electron chi connectivity index (χ0n) is 13.2. The van der Waals surface area contributed by atoms with Crippen molar-refractivity contribution in [2.45, 2.75) is 31.5 Å². The first-order valence-electron chi connectivity index (χ1n) is 8.12. The van der Waals surface area contributed by atoms with Gasteiger partial charge < -0.3 is 9.80 Å². The Kier molecular flexibility index (Phi) is 4.31. The first-order chi connectivity index (χ1) is 10.5. The predicted molar refractivity (Wildman–Crippen MR) is 87.9 cm³/mol. The Morgan fingerprint density at radius 3 is 2.64 bits per heavy atom. The highest BCUT2D eigenvalue weighted by Gasteiger charge is 2.37. The molecule has 0 aromatic carbocycles. The van der Waals surface area contributed by atoms with Gasteiger partial charge in [0, 0.05) is 31.9 Å². The Hall–Kier alpha value is -1.29. The molecule has 0 N–H and O–H groups in total. The van der Waals surface area contributed by atoms with Crippen molar-refractivity contribution in [2.75, 3.05) is 26.2 Å². The fourth-order valence-electron chi connectivity index (χ4n) is 3.15. The quantitative estimate of drug-likeness (QED) is 0.780. The molecule has 2 aliphatic rings. The highest BCUT2D eigenvalue weighted by molar-refractivity contribution is 6.39. The summed E-state index contributed by atoms with van der Waals surface area (Å²) in [6, 6.07) is 5.36. The van der Waals surface area contributed by atoms with Crippen LogP contribution in [0.3, 0.4) is 0 Å². The molecule has 4 radical (unpaired) electrons. The summed E-state index contributed by atoms with van der Waals surface area (Å²) >= 11 is 0. The van der Waals surface area contributed by atoms with Gasteiger partial charge in [0.05, 0.1) is 15.7 Å². The number of pyridine rings is 1. The third kappa shape index (κ3) is 2.81. The van der Waals surface area contributed by atoms with Crippen molar-refractivity contribution < 1.29 is 4.79 Å². The average molecular weight is 293 g/mol. The number of likely N-dealkylation sites (tertiary alicyclic amines) is 2. The zero-order chi connectivity index (χ0) is 15.7. The van der Waals surface area contributed by atoms with Gasteiger partial charge in [0.2, 0.25) is 0 Å². The molecule has 3 heterocycles. The fraction of sp³-hybridized carbons (Fsp3) is 0.625. The number of aromatic nitrogens is 1. The van der Waals surface area contributed by atoms with Crippen LogP contribution in [0.2, 0.25) is 0 Å². The lowest BCUT2D eigenvalue weighted by molar-refractivity contribution is 0.0616. The van der Waals surface area contributed by atoms with Crippen molar-refractivity contribution >= 4 is 21.6 Å². The molecule has 22 heavy (non-hydrogen) atoms. The molecule has 0 saturated carbocycles. The van der Waals surface area contributed by atoms with Crippen LogP contribution in [0.15, 0.2) is 18.2 Å². The van der Waals surface area contributed by atoms with E-state index in [9.17, 15) is 4.79 Å². The smallest absolute Gasteiger partial charge is 0.272 e. The maximum Gasteiger partial charge on any atom is 0.272 e. The normalized spacial score (nSPS) is 20.1. The van der Waals surface area contributed by atoms with Crippen molar-refractivity contribution in [3.8, 4) is 0 Å². The molecule has 112 valence electrons. The summed E-state index contributed by atoms with van der Waals surface area (Å²) < 4.78 is 0. The van der Waals surface area contributed by atoms with Gasteiger partial charge in [-0.05, 0) is 36.2 Å². The van der Waals surface area contributed by atoms with Gasteiger partial charge in [-0.25, -0.2) is 4.98 Å². The van der Waals surface area contributed by atoms with Crippen molar-refractivity contribution in [1.29, 1.82) is 0 Å². The minimum atomic E-state index is -1.10. The van der Waals surface area contributed by atoms with Crippen LogP contribution in [0.1, 0.15) is 42.4 Å². The van der Waals surface area contributed by atoms with Gasteiger partial charge in [0.25, 0.3) is 5.91 Å². The Morgan fingerprint density at radius 1 is 1.32 bits per heavy atom. The Morgan fingerprint density at radius 2 is 2.00 bits per heavy atom. The summed E-state index contributed by atoms with van der Waals surface area (Å²) in [5.41, 5.74) is 0.999. The van der Waals surface area contributed by atoms with Crippen LogP contribution in [0.25, 0.3) is 0 Å². The lowest BCUT2D eigenvalue weighted by Crippen LogP contribution is -2.59. The summed E-state index contributed by atoms with van der Waals surface area (Å²) in [5.74, 6) is 0.631. The molecule has 3 rings (SSSR count). The summed E-state index contributed by atoms with van der Waals surface area (Å²) in [7, 11) is 12.6. The van der Waals surface area contributed by atoms with Gasteiger partial charge in [-0.3, -0.25) is 4.79 Å². The molecule has 0 spiro atoms. The molecule has 4 nitrogen and oxygen atoms in total. The summed E-state index contributed by atoms with van der Waals surface area (Å²) in [6.45, 7) is 5.56. The second kappa shape index (κ2) is 6.07. The fourth-order valence-corrected chi connectivity index (χ4v) is 3.15. The first-order valence-corrected chi connectivity index (χ1v) is 8.12. The van der Waals surface area contributed by atoms with E-state index >= 15 is 0 Å². The van der Waals surface area contributed by atoms with Gasteiger partial charge in [0.15, 0.2) is 0 Å². The van der Waals surface area contributed by atoms with Crippen LogP contribution in [0.5, 0.6) is 0 Å². The minimum absolute atomic E-state index is 0.0230. The van der Waals surface area contributed by atoms with Gasteiger partial charge in [-0.1, -0.05) is 19.4 Å². The second-order valence-corrected chi connectivity index (χ2v) is 6.41. The molecule has 2 aliphatic heterocycles. The Balaban J connectivity index is 1.77. The third-order valence-corrected chi connectivity index (χ3v) is 4.83. The number of carbonyl (C=O) groups excluding carboxylic acids is 1. The highest BCUT2D eigenvalue weighted by atomic mass is 16.2. The summed E-state index contributed by atoms with van der Waals surface area (Å²) in [6.07, 6.45) is 3.26. The van der Waals surface area contributed by atoms with E-state index in [-0.39, 0.29) is 5.91 Å². The van der Waals surface area contributed by atoms with Gasteiger partial charge >= 0.3 is 0 Å². The van der Waals surface area contributed by atoms with E-state index in [1.165, 1.54) is 0 Å². The van der Waals surface area contributed by atoms with Crippen LogP contribution in [0.4, 0.5) is 0 Å². The predicted octanol–water partition coefficient (Wildman–Crippen LogP) is 1.11. The molecular formula is C16H21B2N3O. The molecule has 0 bridgehead atoms. The molecule has 0 unspecified atom stereocenters. The van der Waals surface area contributed by atoms with Crippen LogP contribution in [0, 0.1) is 5.92 Å². The summed E-state index contributed by atoms with van der Waals surface area (Å²) in [4.78, 5) is 20.8. The molecule has 0 aliphatic carbocycles. The molecule has 0 atom stereocenters.